The molecule has 0 aliphatic carbocycles. The monoisotopic (exact) mass is 499 g/mol. The van der Waals surface area contributed by atoms with E-state index in [4.69, 9.17) is 16.3 Å². The van der Waals surface area contributed by atoms with Crippen molar-refractivity contribution in [3.05, 3.63) is 63.4 Å². The zero-order valence-corrected chi connectivity index (χ0v) is 20.5. The van der Waals surface area contributed by atoms with Gasteiger partial charge in [-0.2, -0.15) is 0 Å². The largest absolute Gasteiger partial charge is 0.489 e. The molecule has 2 aromatic heterocycles. The van der Waals surface area contributed by atoms with Gasteiger partial charge in [-0.3, -0.25) is 9.59 Å². The van der Waals surface area contributed by atoms with Gasteiger partial charge in [0.1, 0.15) is 17.7 Å². The number of rotatable bonds is 7. The minimum atomic E-state index is -0.375. The quantitative estimate of drug-likeness (QED) is 0.443. The first-order chi connectivity index (χ1) is 16.4. The first-order valence-electron chi connectivity index (χ1n) is 10.9. The summed E-state index contributed by atoms with van der Waals surface area (Å²) in [6.07, 6.45) is 3.25. The standard InChI is InChI=1S/C24H26ClN5O3S/c1-30(2)16-4-5-18(21(11-16)33-17-7-9-26-10-8-17)23(31)28-20-14-34-13-19(20)24(32)29-22-6-3-15(25)12-27-22/h3-6,11-14,17,26H,7-10H2,1-2H3,(H,28,31)(H,27,29,32). The molecule has 0 spiro atoms. The Morgan fingerprint density at radius 3 is 2.56 bits per heavy atom. The molecule has 8 nitrogen and oxygen atoms in total. The lowest BCUT2D eigenvalue weighted by molar-refractivity contribution is 0.101. The van der Waals surface area contributed by atoms with E-state index in [1.54, 1.807) is 29.0 Å². The summed E-state index contributed by atoms with van der Waals surface area (Å²) in [5.74, 6) is 0.184. The molecule has 178 valence electrons. The van der Waals surface area contributed by atoms with Gasteiger partial charge in [0.25, 0.3) is 11.8 Å². The van der Waals surface area contributed by atoms with E-state index in [0.29, 0.717) is 33.4 Å². The third-order valence-electron chi connectivity index (χ3n) is 5.43. The number of hydrogen-bond donors (Lipinski definition) is 3. The fourth-order valence-corrected chi connectivity index (χ4v) is 4.43. The number of halogens is 1. The Labute approximate surface area is 207 Å². The molecule has 0 unspecified atom stereocenters. The van der Waals surface area contributed by atoms with Gasteiger partial charge in [-0.05, 0) is 50.2 Å². The Bertz CT molecular complexity index is 1160. The van der Waals surface area contributed by atoms with E-state index >= 15 is 0 Å². The van der Waals surface area contributed by atoms with Crippen LogP contribution in [0.2, 0.25) is 5.02 Å². The molecule has 3 aromatic rings. The van der Waals surface area contributed by atoms with E-state index in [0.717, 1.165) is 31.6 Å². The Kier molecular flexibility index (Phi) is 7.66. The molecule has 2 amide bonds. The van der Waals surface area contributed by atoms with Crippen molar-refractivity contribution in [2.24, 2.45) is 0 Å². The van der Waals surface area contributed by atoms with Gasteiger partial charge < -0.3 is 25.6 Å². The second kappa shape index (κ2) is 10.9. The van der Waals surface area contributed by atoms with Crippen molar-refractivity contribution in [3.63, 3.8) is 0 Å². The van der Waals surface area contributed by atoms with Gasteiger partial charge in [0, 0.05) is 42.8 Å². The lowest BCUT2D eigenvalue weighted by Gasteiger charge is -2.26. The van der Waals surface area contributed by atoms with Crippen LogP contribution in [-0.4, -0.2) is 50.1 Å². The van der Waals surface area contributed by atoms with E-state index in [1.807, 2.05) is 31.1 Å². The molecule has 3 N–H and O–H groups in total. The lowest BCUT2D eigenvalue weighted by atomic mass is 10.1. The molecule has 1 fully saturated rings. The summed E-state index contributed by atoms with van der Waals surface area (Å²) in [5, 5.41) is 12.8. The SMILES string of the molecule is CN(C)c1ccc(C(=O)Nc2cscc2C(=O)Nc2ccc(Cl)cn2)c(OC2CCNCC2)c1. The van der Waals surface area contributed by atoms with Crippen LogP contribution in [0, 0.1) is 0 Å². The summed E-state index contributed by atoms with van der Waals surface area (Å²) in [6.45, 7) is 1.77. The first-order valence-corrected chi connectivity index (χ1v) is 12.2. The van der Waals surface area contributed by atoms with Gasteiger partial charge in [-0.25, -0.2) is 4.98 Å². The molecule has 1 aliphatic heterocycles. The molecule has 1 aliphatic rings. The molecular formula is C24H26ClN5O3S. The van der Waals surface area contributed by atoms with E-state index in [9.17, 15) is 9.59 Å². The van der Waals surface area contributed by atoms with Gasteiger partial charge in [0.2, 0.25) is 0 Å². The highest BCUT2D eigenvalue weighted by Crippen LogP contribution is 2.29. The third-order valence-corrected chi connectivity index (χ3v) is 6.40. The van der Waals surface area contributed by atoms with E-state index in [1.165, 1.54) is 17.5 Å². The second-order valence-electron chi connectivity index (χ2n) is 8.11. The van der Waals surface area contributed by atoms with Crippen molar-refractivity contribution in [2.45, 2.75) is 18.9 Å². The van der Waals surface area contributed by atoms with Crippen molar-refractivity contribution in [2.75, 3.05) is 42.7 Å². The van der Waals surface area contributed by atoms with Crippen LogP contribution in [0.4, 0.5) is 17.2 Å². The molecule has 0 atom stereocenters. The van der Waals surface area contributed by atoms with Crippen LogP contribution in [0.25, 0.3) is 0 Å². The van der Waals surface area contributed by atoms with Crippen LogP contribution in [0.5, 0.6) is 5.75 Å². The number of pyridine rings is 1. The number of carbonyl (C=O) groups excluding carboxylic acids is 2. The molecule has 34 heavy (non-hydrogen) atoms. The van der Waals surface area contributed by atoms with Gasteiger partial charge in [0.15, 0.2) is 0 Å². The predicted molar refractivity (Wildman–Crippen MR) is 137 cm³/mol. The normalized spacial score (nSPS) is 13.9. The van der Waals surface area contributed by atoms with Crippen molar-refractivity contribution in [3.8, 4) is 5.75 Å². The van der Waals surface area contributed by atoms with Crippen molar-refractivity contribution < 1.29 is 14.3 Å². The number of benzene rings is 1. The summed E-state index contributed by atoms with van der Waals surface area (Å²) >= 11 is 7.17. The highest BCUT2D eigenvalue weighted by atomic mass is 35.5. The van der Waals surface area contributed by atoms with E-state index in [-0.39, 0.29) is 17.9 Å². The summed E-state index contributed by atoms with van der Waals surface area (Å²) in [5.41, 5.74) is 2.12. The minimum absolute atomic E-state index is 0.0413. The number of ether oxygens (including phenoxy) is 1. The summed E-state index contributed by atoms with van der Waals surface area (Å²) in [4.78, 5) is 32.1. The van der Waals surface area contributed by atoms with Gasteiger partial charge in [-0.1, -0.05) is 11.6 Å². The average Bonchev–Trinajstić information content (AvgIpc) is 3.29. The number of amides is 2. The Hall–Kier alpha value is -3.14. The molecular weight excluding hydrogens is 474 g/mol. The van der Waals surface area contributed by atoms with Crippen LogP contribution in [0.15, 0.2) is 47.3 Å². The highest BCUT2D eigenvalue weighted by molar-refractivity contribution is 7.08. The maximum atomic E-state index is 13.3. The Morgan fingerprint density at radius 2 is 1.85 bits per heavy atom. The Morgan fingerprint density at radius 1 is 1.09 bits per heavy atom. The van der Waals surface area contributed by atoms with Crippen molar-refractivity contribution in [1.82, 2.24) is 10.3 Å². The van der Waals surface area contributed by atoms with Crippen molar-refractivity contribution >= 4 is 51.9 Å². The first kappa shape index (κ1) is 24.0. The number of anilines is 3. The highest BCUT2D eigenvalue weighted by Gasteiger charge is 2.22. The minimum Gasteiger partial charge on any atom is -0.489 e. The van der Waals surface area contributed by atoms with Crippen LogP contribution < -0.4 is 25.6 Å². The average molecular weight is 500 g/mol. The molecule has 1 aromatic carbocycles. The number of piperidine rings is 1. The molecule has 0 saturated carbocycles. The van der Waals surface area contributed by atoms with Gasteiger partial charge in [0.05, 0.1) is 21.8 Å². The smallest absolute Gasteiger partial charge is 0.259 e. The number of nitrogens with zero attached hydrogens (tertiary/aromatic N) is 2. The third kappa shape index (κ3) is 5.85. The van der Waals surface area contributed by atoms with Crippen molar-refractivity contribution in [1.29, 1.82) is 0 Å². The fraction of sp³-hybridized carbons (Fsp3) is 0.292. The zero-order chi connectivity index (χ0) is 24.1. The Balaban J connectivity index is 1.53. The molecule has 4 rings (SSSR count). The second-order valence-corrected chi connectivity index (χ2v) is 9.29. The predicted octanol–water partition coefficient (Wildman–Crippen LogP) is 4.50. The molecule has 3 heterocycles. The summed E-state index contributed by atoms with van der Waals surface area (Å²) < 4.78 is 6.26. The molecule has 10 heteroatoms. The number of thiophene rings is 1. The van der Waals surface area contributed by atoms with E-state index in [2.05, 4.69) is 20.9 Å². The van der Waals surface area contributed by atoms with Crippen LogP contribution in [0.3, 0.4) is 0 Å². The van der Waals surface area contributed by atoms with Crippen LogP contribution in [0.1, 0.15) is 33.6 Å². The number of nitrogens with one attached hydrogen (secondary N) is 3. The van der Waals surface area contributed by atoms with Crippen LogP contribution >= 0.6 is 22.9 Å². The van der Waals surface area contributed by atoms with Gasteiger partial charge >= 0.3 is 0 Å². The number of aromatic nitrogens is 1. The maximum absolute atomic E-state index is 13.3. The molecule has 0 radical (unpaired) electrons. The summed E-state index contributed by atoms with van der Waals surface area (Å²) in [6, 6.07) is 8.76. The topological polar surface area (TPSA) is 95.6 Å². The lowest BCUT2D eigenvalue weighted by Crippen LogP contribution is -2.34. The molecule has 1 saturated heterocycles. The number of hydrogen-bond acceptors (Lipinski definition) is 7. The maximum Gasteiger partial charge on any atom is 0.259 e. The number of carbonyl (C=O) groups is 2. The summed E-state index contributed by atoms with van der Waals surface area (Å²) in [7, 11) is 3.88. The molecule has 0 bridgehead atoms. The zero-order valence-electron chi connectivity index (χ0n) is 18.9. The van der Waals surface area contributed by atoms with Gasteiger partial charge in [-0.15, -0.1) is 11.3 Å². The fourth-order valence-electron chi connectivity index (χ4n) is 3.56. The van der Waals surface area contributed by atoms with Crippen LogP contribution in [-0.2, 0) is 0 Å². The van der Waals surface area contributed by atoms with E-state index < -0.39 is 0 Å².